The highest BCUT2D eigenvalue weighted by Crippen LogP contribution is 2.36. The second-order valence-electron chi connectivity index (χ2n) is 6.31. The zero-order chi connectivity index (χ0) is 13.2. The van der Waals surface area contributed by atoms with Gasteiger partial charge in [-0.15, -0.1) is 0 Å². The zero-order valence-electron chi connectivity index (χ0n) is 11.9. The van der Waals surface area contributed by atoms with Crippen molar-refractivity contribution < 1.29 is 5.11 Å². The number of hydrogen-bond donors (Lipinski definition) is 1. The first kappa shape index (κ1) is 13.0. The molecule has 1 aromatic carbocycles. The highest BCUT2D eigenvalue weighted by Gasteiger charge is 2.33. The maximum absolute atomic E-state index is 10.2. The van der Waals surface area contributed by atoms with E-state index in [0.717, 1.165) is 29.6 Å². The molecule has 2 atom stereocenters. The van der Waals surface area contributed by atoms with E-state index >= 15 is 0 Å². The van der Waals surface area contributed by atoms with E-state index in [4.69, 9.17) is 0 Å². The van der Waals surface area contributed by atoms with E-state index in [9.17, 15) is 5.11 Å². The molecule has 0 bridgehead atoms. The Kier molecular flexibility index (Phi) is 3.79. The van der Waals surface area contributed by atoms with Gasteiger partial charge >= 0.3 is 0 Å². The molecule has 0 unspecified atom stereocenters. The second kappa shape index (κ2) is 5.54. The van der Waals surface area contributed by atoms with Gasteiger partial charge in [0, 0.05) is 18.2 Å². The van der Waals surface area contributed by atoms with Gasteiger partial charge in [-0.2, -0.15) is 0 Å². The summed E-state index contributed by atoms with van der Waals surface area (Å²) in [6, 6.07) is 6.89. The first-order chi connectivity index (χ1) is 9.25. The lowest BCUT2D eigenvalue weighted by Gasteiger charge is -2.44. The van der Waals surface area contributed by atoms with Gasteiger partial charge in [-0.05, 0) is 50.6 Å². The molecule has 1 aliphatic carbocycles. The van der Waals surface area contributed by atoms with Crippen LogP contribution >= 0.6 is 0 Å². The molecule has 2 fully saturated rings. The summed E-state index contributed by atoms with van der Waals surface area (Å²) in [4.78, 5) is 2.63. The zero-order valence-corrected chi connectivity index (χ0v) is 11.9. The first-order valence-electron chi connectivity index (χ1n) is 7.77. The summed E-state index contributed by atoms with van der Waals surface area (Å²) >= 11 is 0. The summed E-state index contributed by atoms with van der Waals surface area (Å²) in [6.07, 6.45) is 8.33. The second-order valence-corrected chi connectivity index (χ2v) is 6.31. The SMILES string of the molecule is Cc1cccc(CN2CCC[C@H]3CCCC[C@H]32)c1O. The van der Waals surface area contributed by atoms with Gasteiger partial charge in [-0.25, -0.2) is 0 Å². The number of hydrogen-bond acceptors (Lipinski definition) is 2. The van der Waals surface area contributed by atoms with Crippen molar-refractivity contribution in [3.8, 4) is 5.75 Å². The molecule has 0 amide bonds. The molecule has 1 aromatic rings. The minimum atomic E-state index is 0.500. The summed E-state index contributed by atoms with van der Waals surface area (Å²) in [5, 5.41) is 10.2. The molecule has 2 nitrogen and oxygen atoms in total. The van der Waals surface area contributed by atoms with E-state index in [-0.39, 0.29) is 0 Å². The van der Waals surface area contributed by atoms with Crippen LogP contribution in [0.25, 0.3) is 0 Å². The van der Waals surface area contributed by atoms with Gasteiger partial charge in [0.15, 0.2) is 0 Å². The van der Waals surface area contributed by atoms with E-state index in [2.05, 4.69) is 17.0 Å². The number of fused-ring (bicyclic) bond motifs is 1. The Morgan fingerprint density at radius 1 is 1.16 bits per heavy atom. The van der Waals surface area contributed by atoms with Crippen LogP contribution in [0.4, 0.5) is 0 Å². The summed E-state index contributed by atoms with van der Waals surface area (Å²) in [6.45, 7) is 4.11. The monoisotopic (exact) mass is 259 g/mol. The van der Waals surface area contributed by atoms with Crippen LogP contribution in [0.2, 0.25) is 0 Å². The highest BCUT2D eigenvalue weighted by atomic mass is 16.3. The lowest BCUT2D eigenvalue weighted by Crippen LogP contribution is -2.46. The minimum Gasteiger partial charge on any atom is -0.507 e. The maximum Gasteiger partial charge on any atom is 0.122 e. The lowest BCUT2D eigenvalue weighted by molar-refractivity contribution is 0.0541. The number of phenolic OH excluding ortho intramolecular Hbond substituents is 1. The van der Waals surface area contributed by atoms with Crippen molar-refractivity contribution in [1.29, 1.82) is 0 Å². The fraction of sp³-hybridized carbons (Fsp3) is 0.647. The third kappa shape index (κ3) is 2.64. The van der Waals surface area contributed by atoms with E-state index in [1.54, 1.807) is 0 Å². The molecule has 2 aliphatic rings. The quantitative estimate of drug-likeness (QED) is 0.872. The van der Waals surface area contributed by atoms with Gasteiger partial charge in [0.05, 0.1) is 0 Å². The van der Waals surface area contributed by atoms with Crippen molar-refractivity contribution in [2.24, 2.45) is 5.92 Å². The predicted octanol–water partition coefficient (Wildman–Crippen LogP) is 3.86. The molecule has 1 N–H and O–H groups in total. The largest absolute Gasteiger partial charge is 0.507 e. The molecule has 2 heteroatoms. The topological polar surface area (TPSA) is 23.5 Å². The number of benzene rings is 1. The van der Waals surface area contributed by atoms with Crippen molar-refractivity contribution in [2.45, 2.75) is 58.0 Å². The molecule has 1 aliphatic heterocycles. The van der Waals surface area contributed by atoms with Gasteiger partial charge in [0.1, 0.15) is 5.75 Å². The molecule has 104 valence electrons. The standard InChI is InChI=1S/C17H25NO/c1-13-6-4-8-15(17(13)19)12-18-11-5-9-14-7-2-3-10-16(14)18/h4,6,8,14,16,19H,2-3,5,7,9-12H2,1H3/t14-,16-/m1/s1. The number of nitrogens with zero attached hydrogens (tertiary/aromatic N) is 1. The molecular weight excluding hydrogens is 234 g/mol. The van der Waals surface area contributed by atoms with Gasteiger partial charge in [-0.3, -0.25) is 4.90 Å². The van der Waals surface area contributed by atoms with Crippen molar-refractivity contribution >= 4 is 0 Å². The summed E-state index contributed by atoms with van der Waals surface area (Å²) in [7, 11) is 0. The van der Waals surface area contributed by atoms with Crippen LogP contribution in [0.15, 0.2) is 18.2 Å². The van der Waals surface area contributed by atoms with Crippen LogP contribution < -0.4 is 0 Å². The number of aryl methyl sites for hydroxylation is 1. The number of aromatic hydroxyl groups is 1. The third-order valence-corrected chi connectivity index (χ3v) is 5.05. The van der Waals surface area contributed by atoms with E-state index in [0.29, 0.717) is 5.75 Å². The summed E-state index contributed by atoms with van der Waals surface area (Å²) in [5.41, 5.74) is 2.10. The maximum atomic E-state index is 10.2. The molecular formula is C17H25NO. The normalized spacial score (nSPS) is 28.1. The fourth-order valence-corrected chi connectivity index (χ4v) is 3.99. The van der Waals surface area contributed by atoms with Crippen LogP contribution in [-0.4, -0.2) is 22.6 Å². The molecule has 19 heavy (non-hydrogen) atoms. The molecule has 0 radical (unpaired) electrons. The number of likely N-dealkylation sites (tertiary alicyclic amines) is 1. The van der Waals surface area contributed by atoms with Gasteiger partial charge < -0.3 is 5.11 Å². The molecule has 1 saturated carbocycles. The van der Waals surface area contributed by atoms with E-state index in [1.165, 1.54) is 45.1 Å². The van der Waals surface area contributed by atoms with Crippen molar-refractivity contribution in [2.75, 3.05) is 6.54 Å². The Morgan fingerprint density at radius 3 is 2.84 bits per heavy atom. The smallest absolute Gasteiger partial charge is 0.122 e. The molecule has 0 aromatic heterocycles. The van der Waals surface area contributed by atoms with Crippen LogP contribution in [0.1, 0.15) is 49.7 Å². The van der Waals surface area contributed by atoms with Crippen LogP contribution in [0.3, 0.4) is 0 Å². The van der Waals surface area contributed by atoms with Crippen molar-refractivity contribution in [1.82, 2.24) is 4.90 Å². The predicted molar refractivity (Wildman–Crippen MR) is 78.2 cm³/mol. The van der Waals surface area contributed by atoms with Gasteiger partial charge in [0.25, 0.3) is 0 Å². The Balaban J connectivity index is 1.76. The van der Waals surface area contributed by atoms with E-state index < -0.39 is 0 Å². The van der Waals surface area contributed by atoms with Crippen molar-refractivity contribution in [3.05, 3.63) is 29.3 Å². The minimum absolute atomic E-state index is 0.500. The fourth-order valence-electron chi connectivity index (χ4n) is 3.99. The number of phenols is 1. The molecule has 0 spiro atoms. The lowest BCUT2D eigenvalue weighted by atomic mass is 9.78. The Morgan fingerprint density at radius 2 is 1.95 bits per heavy atom. The van der Waals surface area contributed by atoms with Crippen LogP contribution in [-0.2, 0) is 6.54 Å². The Bertz CT molecular complexity index is 441. The average molecular weight is 259 g/mol. The molecule has 1 heterocycles. The van der Waals surface area contributed by atoms with Gasteiger partial charge in [-0.1, -0.05) is 31.0 Å². The number of piperidine rings is 1. The highest BCUT2D eigenvalue weighted by molar-refractivity contribution is 5.39. The Hall–Kier alpha value is -1.02. The Labute approximate surface area is 116 Å². The molecule has 1 saturated heterocycles. The average Bonchev–Trinajstić information content (AvgIpc) is 2.44. The first-order valence-corrected chi connectivity index (χ1v) is 7.77. The summed E-state index contributed by atoms with van der Waals surface area (Å²) in [5.74, 6) is 1.41. The van der Waals surface area contributed by atoms with Crippen LogP contribution in [0.5, 0.6) is 5.75 Å². The van der Waals surface area contributed by atoms with E-state index in [1.807, 2.05) is 13.0 Å². The van der Waals surface area contributed by atoms with Crippen molar-refractivity contribution in [3.63, 3.8) is 0 Å². The summed E-state index contributed by atoms with van der Waals surface area (Å²) < 4.78 is 0. The van der Waals surface area contributed by atoms with Crippen LogP contribution in [0, 0.1) is 12.8 Å². The molecule has 3 rings (SSSR count). The third-order valence-electron chi connectivity index (χ3n) is 5.05. The number of para-hydroxylation sites is 1. The number of rotatable bonds is 2. The van der Waals surface area contributed by atoms with Gasteiger partial charge in [0.2, 0.25) is 0 Å².